The Balaban J connectivity index is 1.91. The molecule has 2 aromatic carbocycles. The van der Waals surface area contributed by atoms with Crippen LogP contribution < -0.4 is 10.9 Å². The highest BCUT2D eigenvalue weighted by Gasteiger charge is 2.09. The number of nitrogens with one attached hydrogen (secondary N) is 2. The normalized spacial score (nSPS) is 10.6. The quantitative estimate of drug-likeness (QED) is 0.639. The molecule has 0 aliphatic rings. The predicted molar refractivity (Wildman–Crippen MR) is 94.7 cm³/mol. The predicted octanol–water partition coefficient (Wildman–Crippen LogP) is 3.54. The van der Waals surface area contributed by atoms with Crippen molar-refractivity contribution in [3.63, 3.8) is 0 Å². The Morgan fingerprint density at radius 2 is 1.70 bits per heavy atom. The van der Waals surface area contributed by atoms with Crippen LogP contribution in [0.5, 0.6) is 0 Å². The third kappa shape index (κ3) is 5.07. The molecule has 2 rings (SSSR count). The number of aryl methyl sites for hydroxylation is 2. The summed E-state index contributed by atoms with van der Waals surface area (Å²) in [7, 11) is 0. The number of hydrogen-bond donors (Lipinski definition) is 2. The highest BCUT2D eigenvalue weighted by molar-refractivity contribution is 9.10. The summed E-state index contributed by atoms with van der Waals surface area (Å²) in [4.78, 5) is 23.8. The van der Waals surface area contributed by atoms with Gasteiger partial charge in [0.05, 0.1) is 0 Å². The molecule has 0 saturated carbocycles. The Labute approximate surface area is 143 Å². The molecule has 2 aromatic rings. The fourth-order valence-electron chi connectivity index (χ4n) is 2.04. The van der Waals surface area contributed by atoms with Crippen LogP contribution in [0, 0.1) is 13.8 Å². The lowest BCUT2D eigenvalue weighted by Gasteiger charge is -2.08. The average molecular weight is 373 g/mol. The van der Waals surface area contributed by atoms with Crippen LogP contribution in [-0.2, 0) is 4.79 Å². The Kier molecular flexibility index (Phi) is 5.71. The molecule has 0 aromatic heterocycles. The van der Waals surface area contributed by atoms with Crippen molar-refractivity contribution in [1.29, 1.82) is 0 Å². The van der Waals surface area contributed by atoms with Crippen molar-refractivity contribution in [2.24, 2.45) is 0 Å². The molecule has 0 saturated heterocycles. The molecule has 23 heavy (non-hydrogen) atoms. The molecule has 0 aliphatic carbocycles. The summed E-state index contributed by atoms with van der Waals surface area (Å²) < 4.78 is 0.972. The summed E-state index contributed by atoms with van der Waals surface area (Å²) in [5.41, 5.74) is 8.15. The summed E-state index contributed by atoms with van der Waals surface area (Å²) in [6.07, 6.45) is 3.04. The minimum atomic E-state index is -0.397. The Bertz CT molecular complexity index is 752. The SMILES string of the molecule is Cc1ccc(C(=O)NNC(=O)/C=C/c2ccc(Br)cc2)c(C)c1. The van der Waals surface area contributed by atoms with E-state index in [2.05, 4.69) is 26.8 Å². The fourth-order valence-corrected chi connectivity index (χ4v) is 2.31. The van der Waals surface area contributed by atoms with E-state index in [1.54, 1.807) is 12.1 Å². The van der Waals surface area contributed by atoms with Gasteiger partial charge in [0.2, 0.25) is 0 Å². The number of benzene rings is 2. The first-order valence-electron chi connectivity index (χ1n) is 7.07. The average Bonchev–Trinajstić information content (AvgIpc) is 2.52. The number of hydrazine groups is 1. The standard InChI is InChI=1S/C18H17BrN2O2/c1-12-3-9-16(13(2)11-12)18(23)21-20-17(22)10-6-14-4-7-15(19)8-5-14/h3-11H,1-2H3,(H,20,22)(H,21,23)/b10-6+. The van der Waals surface area contributed by atoms with Crippen molar-refractivity contribution < 1.29 is 9.59 Å². The van der Waals surface area contributed by atoms with Gasteiger partial charge in [0.25, 0.3) is 11.8 Å². The van der Waals surface area contributed by atoms with Gasteiger partial charge in [0.15, 0.2) is 0 Å². The molecule has 0 radical (unpaired) electrons. The van der Waals surface area contributed by atoms with Crippen LogP contribution in [0.25, 0.3) is 6.08 Å². The number of halogens is 1. The van der Waals surface area contributed by atoms with Gasteiger partial charge in [-0.2, -0.15) is 0 Å². The first kappa shape index (κ1) is 17.0. The first-order valence-corrected chi connectivity index (χ1v) is 7.86. The van der Waals surface area contributed by atoms with Crippen LogP contribution >= 0.6 is 15.9 Å². The van der Waals surface area contributed by atoms with Crippen LogP contribution in [0.4, 0.5) is 0 Å². The van der Waals surface area contributed by atoms with E-state index in [1.165, 1.54) is 6.08 Å². The summed E-state index contributed by atoms with van der Waals surface area (Å²) in [6, 6.07) is 13.1. The summed E-state index contributed by atoms with van der Waals surface area (Å²) in [5, 5.41) is 0. The number of carbonyl (C=O) groups excluding carboxylic acids is 2. The topological polar surface area (TPSA) is 58.2 Å². The van der Waals surface area contributed by atoms with Gasteiger partial charge in [-0.25, -0.2) is 0 Å². The number of carbonyl (C=O) groups is 2. The van der Waals surface area contributed by atoms with Gasteiger partial charge < -0.3 is 0 Å². The molecule has 5 heteroatoms. The maximum absolute atomic E-state index is 12.0. The van der Waals surface area contributed by atoms with E-state index in [4.69, 9.17) is 0 Å². The molecule has 0 fully saturated rings. The second-order valence-electron chi connectivity index (χ2n) is 5.15. The third-order valence-electron chi connectivity index (χ3n) is 3.22. The Hall–Kier alpha value is -2.40. The largest absolute Gasteiger partial charge is 0.269 e. The van der Waals surface area contributed by atoms with Gasteiger partial charge in [0.1, 0.15) is 0 Å². The molecule has 4 nitrogen and oxygen atoms in total. The van der Waals surface area contributed by atoms with Crippen molar-refractivity contribution >= 4 is 33.8 Å². The molecule has 0 heterocycles. The molecule has 2 N–H and O–H groups in total. The van der Waals surface area contributed by atoms with E-state index >= 15 is 0 Å². The maximum atomic E-state index is 12.0. The van der Waals surface area contributed by atoms with E-state index in [0.29, 0.717) is 5.56 Å². The lowest BCUT2D eigenvalue weighted by Crippen LogP contribution is -2.41. The monoisotopic (exact) mass is 372 g/mol. The van der Waals surface area contributed by atoms with Crippen molar-refractivity contribution in [2.75, 3.05) is 0 Å². The van der Waals surface area contributed by atoms with Crippen molar-refractivity contribution in [3.05, 3.63) is 75.3 Å². The van der Waals surface area contributed by atoms with Crippen molar-refractivity contribution in [3.8, 4) is 0 Å². The first-order chi connectivity index (χ1) is 11.0. The molecule has 0 bridgehead atoms. The second-order valence-corrected chi connectivity index (χ2v) is 6.06. The molecule has 0 unspecified atom stereocenters. The van der Waals surface area contributed by atoms with Gasteiger partial charge in [-0.15, -0.1) is 0 Å². The zero-order valence-electron chi connectivity index (χ0n) is 12.9. The smallest absolute Gasteiger partial charge is 0.268 e. The highest BCUT2D eigenvalue weighted by atomic mass is 79.9. The zero-order chi connectivity index (χ0) is 16.8. The second kappa shape index (κ2) is 7.74. The van der Waals surface area contributed by atoms with Crippen LogP contribution in [0.2, 0.25) is 0 Å². The highest BCUT2D eigenvalue weighted by Crippen LogP contribution is 2.11. The molecule has 0 atom stereocenters. The Morgan fingerprint density at radius 1 is 1.00 bits per heavy atom. The van der Waals surface area contributed by atoms with Crippen LogP contribution in [-0.4, -0.2) is 11.8 Å². The number of hydrogen-bond acceptors (Lipinski definition) is 2. The van der Waals surface area contributed by atoms with E-state index in [0.717, 1.165) is 21.2 Å². The summed E-state index contributed by atoms with van der Waals surface area (Å²) >= 11 is 3.35. The molecular formula is C18H17BrN2O2. The van der Waals surface area contributed by atoms with Crippen LogP contribution in [0.3, 0.4) is 0 Å². The maximum Gasteiger partial charge on any atom is 0.269 e. The number of amides is 2. The van der Waals surface area contributed by atoms with Gasteiger partial charge in [-0.3, -0.25) is 20.4 Å². The third-order valence-corrected chi connectivity index (χ3v) is 3.75. The van der Waals surface area contributed by atoms with Gasteiger partial charge >= 0.3 is 0 Å². The van der Waals surface area contributed by atoms with E-state index in [1.807, 2.05) is 50.2 Å². The van der Waals surface area contributed by atoms with E-state index in [-0.39, 0.29) is 5.91 Å². The van der Waals surface area contributed by atoms with Gasteiger partial charge in [-0.05, 0) is 49.2 Å². The van der Waals surface area contributed by atoms with Crippen LogP contribution in [0.1, 0.15) is 27.0 Å². The molecular weight excluding hydrogens is 356 g/mol. The van der Waals surface area contributed by atoms with Crippen molar-refractivity contribution in [2.45, 2.75) is 13.8 Å². The molecule has 2 amide bonds. The zero-order valence-corrected chi connectivity index (χ0v) is 14.5. The van der Waals surface area contributed by atoms with Gasteiger partial charge in [0, 0.05) is 16.1 Å². The molecule has 0 aliphatic heterocycles. The molecule has 0 spiro atoms. The van der Waals surface area contributed by atoms with Gasteiger partial charge in [-0.1, -0.05) is 45.8 Å². The van der Waals surface area contributed by atoms with Crippen molar-refractivity contribution in [1.82, 2.24) is 10.9 Å². The number of rotatable bonds is 3. The fraction of sp³-hybridized carbons (Fsp3) is 0.111. The molecule has 118 valence electrons. The lowest BCUT2D eigenvalue weighted by atomic mass is 10.1. The Morgan fingerprint density at radius 3 is 2.35 bits per heavy atom. The van der Waals surface area contributed by atoms with E-state index < -0.39 is 5.91 Å². The minimum absolute atomic E-state index is 0.340. The minimum Gasteiger partial charge on any atom is -0.268 e. The summed E-state index contributed by atoms with van der Waals surface area (Å²) in [6.45, 7) is 3.82. The van der Waals surface area contributed by atoms with E-state index in [9.17, 15) is 9.59 Å². The summed E-state index contributed by atoms with van der Waals surface area (Å²) in [5.74, 6) is -0.737. The van der Waals surface area contributed by atoms with Crippen LogP contribution in [0.15, 0.2) is 53.0 Å². The lowest BCUT2D eigenvalue weighted by molar-refractivity contribution is -0.117.